The highest BCUT2D eigenvalue weighted by Gasteiger charge is 2.17. The summed E-state index contributed by atoms with van der Waals surface area (Å²) in [5.41, 5.74) is 3.47. The molecule has 0 spiro atoms. The summed E-state index contributed by atoms with van der Waals surface area (Å²) < 4.78 is 11.4. The van der Waals surface area contributed by atoms with Crippen LogP contribution in [0.2, 0.25) is 0 Å². The van der Waals surface area contributed by atoms with Crippen molar-refractivity contribution in [3.05, 3.63) is 47.8 Å². The van der Waals surface area contributed by atoms with E-state index < -0.39 is 0 Å². The third-order valence-corrected chi connectivity index (χ3v) is 6.26. The van der Waals surface area contributed by atoms with Crippen molar-refractivity contribution in [2.24, 2.45) is 4.99 Å². The molecule has 0 aliphatic carbocycles. The summed E-state index contributed by atoms with van der Waals surface area (Å²) in [6.07, 6.45) is 6.74. The first-order chi connectivity index (χ1) is 18.1. The van der Waals surface area contributed by atoms with Gasteiger partial charge in [0.15, 0.2) is 5.82 Å². The number of pyridine rings is 2. The van der Waals surface area contributed by atoms with Gasteiger partial charge in [0.25, 0.3) is 0 Å². The summed E-state index contributed by atoms with van der Waals surface area (Å²) in [6, 6.07) is 7.73. The minimum Gasteiger partial charge on any atom is -0.379 e. The number of aliphatic imine (C=N–C) groups is 1. The average molecular weight is 505 g/mol. The van der Waals surface area contributed by atoms with Gasteiger partial charge in [-0.2, -0.15) is 5.10 Å². The molecule has 37 heavy (non-hydrogen) atoms. The second kappa shape index (κ2) is 13.3. The van der Waals surface area contributed by atoms with E-state index in [1.807, 2.05) is 31.2 Å². The number of hydrogen-bond acceptors (Lipinski definition) is 10. The van der Waals surface area contributed by atoms with Crippen LogP contribution in [0, 0.1) is 5.41 Å². The number of anilines is 2. The number of fused-ring (bicyclic) bond motifs is 1. The third-order valence-electron chi connectivity index (χ3n) is 6.26. The van der Waals surface area contributed by atoms with Gasteiger partial charge in [-0.15, -0.1) is 5.10 Å². The Hall–Kier alpha value is -3.34. The second-order valence-electron chi connectivity index (χ2n) is 9.35. The van der Waals surface area contributed by atoms with Gasteiger partial charge in [0, 0.05) is 44.9 Å². The van der Waals surface area contributed by atoms with E-state index >= 15 is 0 Å². The first-order valence-electron chi connectivity index (χ1n) is 12.8. The SMILES string of the molecule is CCOC(CN=CC(C=N)c1cnc2ccc(Nc3cc(C(C)C)cnn3)nc2c1)CN1CCOCC1. The standard InChI is InChI=1S/C27H36N8O2/c1-4-37-23(18-35-7-9-36-10-8-35)17-29-14-22(13-28)21-11-25-24(30-15-21)5-6-26(32-25)33-27-12-20(19(2)3)16-31-34-27/h5-6,11-16,19,22-23,28H,4,7-10,17-18H2,1-3H3,(H,32,33,34). The zero-order valence-electron chi connectivity index (χ0n) is 21.8. The van der Waals surface area contributed by atoms with Gasteiger partial charge in [0.1, 0.15) is 5.82 Å². The van der Waals surface area contributed by atoms with Crippen LogP contribution in [0.15, 0.2) is 41.7 Å². The molecule has 1 saturated heterocycles. The van der Waals surface area contributed by atoms with Crippen LogP contribution >= 0.6 is 0 Å². The van der Waals surface area contributed by atoms with Gasteiger partial charge >= 0.3 is 0 Å². The second-order valence-corrected chi connectivity index (χ2v) is 9.35. The topological polar surface area (TPSA) is 122 Å². The first kappa shape index (κ1) is 26.7. The molecule has 3 aromatic rings. The molecule has 2 atom stereocenters. The molecule has 4 heterocycles. The molecule has 0 radical (unpaired) electrons. The molecule has 10 heteroatoms. The maximum Gasteiger partial charge on any atom is 0.154 e. The molecule has 1 fully saturated rings. The van der Waals surface area contributed by atoms with Gasteiger partial charge in [-0.05, 0) is 48.2 Å². The van der Waals surface area contributed by atoms with E-state index in [4.69, 9.17) is 19.9 Å². The van der Waals surface area contributed by atoms with Crippen molar-refractivity contribution >= 4 is 35.1 Å². The monoisotopic (exact) mass is 504 g/mol. The van der Waals surface area contributed by atoms with Crippen molar-refractivity contribution in [1.29, 1.82) is 5.41 Å². The number of nitrogens with zero attached hydrogens (tertiary/aromatic N) is 6. The van der Waals surface area contributed by atoms with Gasteiger partial charge in [-0.3, -0.25) is 14.9 Å². The fourth-order valence-corrected chi connectivity index (χ4v) is 4.15. The van der Waals surface area contributed by atoms with Gasteiger partial charge in [0.2, 0.25) is 0 Å². The highest BCUT2D eigenvalue weighted by atomic mass is 16.5. The number of aromatic nitrogens is 4. The van der Waals surface area contributed by atoms with Gasteiger partial charge in [-0.25, -0.2) is 4.98 Å². The summed E-state index contributed by atoms with van der Waals surface area (Å²) in [5.74, 6) is 1.36. The molecule has 2 unspecified atom stereocenters. The van der Waals surface area contributed by atoms with Crippen LogP contribution in [0.3, 0.4) is 0 Å². The molecule has 0 bridgehead atoms. The Bertz CT molecular complexity index is 1200. The van der Waals surface area contributed by atoms with Crippen LogP contribution in [-0.4, -0.2) is 89.6 Å². The Morgan fingerprint density at radius 2 is 1.97 bits per heavy atom. The fourth-order valence-electron chi connectivity index (χ4n) is 4.15. The Kier molecular flexibility index (Phi) is 9.58. The summed E-state index contributed by atoms with van der Waals surface area (Å²) in [7, 11) is 0. The van der Waals surface area contributed by atoms with Crippen molar-refractivity contribution in [2.75, 3.05) is 51.3 Å². The Morgan fingerprint density at radius 3 is 2.73 bits per heavy atom. The lowest BCUT2D eigenvalue weighted by Gasteiger charge is -2.29. The van der Waals surface area contributed by atoms with Gasteiger partial charge in [0.05, 0.1) is 49.0 Å². The summed E-state index contributed by atoms with van der Waals surface area (Å²) >= 11 is 0. The van der Waals surface area contributed by atoms with Crippen molar-refractivity contribution < 1.29 is 9.47 Å². The number of nitrogens with one attached hydrogen (secondary N) is 2. The van der Waals surface area contributed by atoms with Crippen LogP contribution in [0.25, 0.3) is 11.0 Å². The van der Waals surface area contributed by atoms with Crippen LogP contribution < -0.4 is 5.32 Å². The molecule has 10 nitrogen and oxygen atoms in total. The number of hydrogen-bond donors (Lipinski definition) is 2. The number of rotatable bonds is 12. The number of morpholine rings is 1. The average Bonchev–Trinajstić information content (AvgIpc) is 2.91. The molecule has 0 aromatic carbocycles. The van der Waals surface area contributed by atoms with Gasteiger partial charge in [-0.1, -0.05) is 13.8 Å². The van der Waals surface area contributed by atoms with Crippen molar-refractivity contribution in [1.82, 2.24) is 25.1 Å². The fraction of sp³-hybridized carbons (Fsp3) is 0.481. The summed E-state index contributed by atoms with van der Waals surface area (Å²) in [6.45, 7) is 11.6. The zero-order chi connectivity index (χ0) is 26.0. The van der Waals surface area contributed by atoms with Crippen LogP contribution in [0.5, 0.6) is 0 Å². The third kappa shape index (κ3) is 7.58. The molecule has 4 rings (SSSR count). The molecule has 1 aliphatic rings. The normalized spacial score (nSPS) is 16.3. The summed E-state index contributed by atoms with van der Waals surface area (Å²) in [5, 5.41) is 19.5. The summed E-state index contributed by atoms with van der Waals surface area (Å²) in [4.78, 5) is 16.3. The Morgan fingerprint density at radius 1 is 1.14 bits per heavy atom. The largest absolute Gasteiger partial charge is 0.379 e. The quantitative estimate of drug-likeness (QED) is 0.357. The molecular weight excluding hydrogens is 468 g/mol. The van der Waals surface area contributed by atoms with Gasteiger partial charge < -0.3 is 20.2 Å². The molecule has 3 aromatic heterocycles. The van der Waals surface area contributed by atoms with E-state index in [0.717, 1.165) is 55.0 Å². The molecular formula is C27H36N8O2. The Labute approximate surface area is 218 Å². The zero-order valence-corrected chi connectivity index (χ0v) is 21.8. The minimum atomic E-state index is -0.297. The molecule has 196 valence electrons. The van der Waals surface area contributed by atoms with Crippen LogP contribution in [-0.2, 0) is 9.47 Å². The maximum absolute atomic E-state index is 7.98. The highest BCUT2D eigenvalue weighted by Crippen LogP contribution is 2.22. The predicted molar refractivity (Wildman–Crippen MR) is 146 cm³/mol. The lowest BCUT2D eigenvalue weighted by molar-refractivity contribution is -0.00532. The molecule has 1 aliphatic heterocycles. The molecule has 0 amide bonds. The molecule has 2 N–H and O–H groups in total. The lowest BCUT2D eigenvalue weighted by Crippen LogP contribution is -2.42. The first-order valence-corrected chi connectivity index (χ1v) is 12.8. The van der Waals surface area contributed by atoms with Crippen molar-refractivity contribution in [2.45, 2.75) is 38.7 Å². The van der Waals surface area contributed by atoms with E-state index in [1.54, 1.807) is 18.6 Å². The predicted octanol–water partition coefficient (Wildman–Crippen LogP) is 3.83. The number of ether oxygens (including phenoxy) is 2. The molecule has 0 saturated carbocycles. The van der Waals surface area contributed by atoms with Crippen molar-refractivity contribution in [3.8, 4) is 0 Å². The van der Waals surface area contributed by atoms with E-state index in [0.29, 0.717) is 30.7 Å². The van der Waals surface area contributed by atoms with E-state index in [1.165, 1.54) is 6.21 Å². The Balaban J connectivity index is 1.45. The maximum atomic E-state index is 7.98. The van der Waals surface area contributed by atoms with E-state index in [2.05, 4.69) is 44.2 Å². The van der Waals surface area contributed by atoms with Crippen LogP contribution in [0.4, 0.5) is 11.6 Å². The highest BCUT2D eigenvalue weighted by molar-refractivity contribution is 5.90. The van der Waals surface area contributed by atoms with Crippen molar-refractivity contribution in [3.63, 3.8) is 0 Å². The van der Waals surface area contributed by atoms with Crippen LogP contribution in [0.1, 0.15) is 43.7 Å². The smallest absolute Gasteiger partial charge is 0.154 e. The minimum absolute atomic E-state index is 0.00746. The van der Waals surface area contributed by atoms with E-state index in [-0.39, 0.29) is 12.0 Å². The lowest BCUT2D eigenvalue weighted by atomic mass is 10.0. The van der Waals surface area contributed by atoms with E-state index in [9.17, 15) is 0 Å².